The number of nitrogens with zero attached hydrogens (tertiary/aromatic N) is 2. The average molecular weight is 606 g/mol. The molecular formula is C36H48FN3O4. The first kappa shape index (κ1) is 33.3. The van der Waals surface area contributed by atoms with Crippen LogP contribution in [0.2, 0.25) is 0 Å². The number of carboxylic acid groups (broad SMARTS) is 1. The van der Waals surface area contributed by atoms with Crippen LogP contribution in [0.3, 0.4) is 0 Å². The first-order chi connectivity index (χ1) is 20.5. The third kappa shape index (κ3) is 7.74. The molecule has 1 spiro atoms. The summed E-state index contributed by atoms with van der Waals surface area (Å²) < 4.78 is 14.6. The smallest absolute Gasteiger partial charge is 0.305 e. The molecule has 238 valence electrons. The Bertz CT molecular complexity index is 1390. The highest BCUT2D eigenvalue weighted by molar-refractivity contribution is 6.46. The van der Waals surface area contributed by atoms with Crippen LogP contribution in [0, 0.1) is 29.5 Å². The van der Waals surface area contributed by atoms with Crippen molar-refractivity contribution in [1.82, 2.24) is 10.2 Å². The van der Waals surface area contributed by atoms with Gasteiger partial charge in [-0.05, 0) is 104 Å². The fourth-order valence-electron chi connectivity index (χ4n) is 6.66. The van der Waals surface area contributed by atoms with Crippen LogP contribution in [-0.2, 0) is 9.59 Å². The summed E-state index contributed by atoms with van der Waals surface area (Å²) >= 11 is 0. The van der Waals surface area contributed by atoms with Crippen LogP contribution in [0.1, 0.15) is 120 Å². The summed E-state index contributed by atoms with van der Waals surface area (Å²) in [6.45, 7) is 15.2. The van der Waals surface area contributed by atoms with Gasteiger partial charge in [0.15, 0.2) is 0 Å². The normalized spacial score (nSPS) is 21.4. The maximum atomic E-state index is 14.6. The van der Waals surface area contributed by atoms with Crippen molar-refractivity contribution in [3.05, 3.63) is 70.5 Å². The molecule has 1 aliphatic carbocycles. The van der Waals surface area contributed by atoms with Gasteiger partial charge in [0.25, 0.3) is 11.8 Å². The lowest BCUT2D eigenvalue weighted by molar-refractivity contribution is -0.137. The molecule has 1 heterocycles. The van der Waals surface area contributed by atoms with Crippen molar-refractivity contribution >= 4 is 23.5 Å². The number of carbonyl (C=O) groups is 3. The zero-order valence-corrected chi connectivity index (χ0v) is 27.3. The summed E-state index contributed by atoms with van der Waals surface area (Å²) in [4.78, 5) is 45.2. The molecule has 8 heteroatoms. The van der Waals surface area contributed by atoms with Crippen molar-refractivity contribution in [2.24, 2.45) is 21.7 Å². The first-order valence-corrected chi connectivity index (χ1v) is 15.8. The number of aryl methyl sites for hydroxylation is 1. The number of hydrogen-bond donors (Lipinski definition) is 2. The minimum Gasteiger partial charge on any atom is -0.481 e. The van der Waals surface area contributed by atoms with E-state index < -0.39 is 11.6 Å². The number of amides is 2. The second-order valence-corrected chi connectivity index (χ2v) is 14.9. The van der Waals surface area contributed by atoms with Gasteiger partial charge in [0.2, 0.25) is 0 Å². The second-order valence-electron chi connectivity index (χ2n) is 14.9. The van der Waals surface area contributed by atoms with Gasteiger partial charge >= 0.3 is 5.97 Å². The Labute approximate surface area is 261 Å². The van der Waals surface area contributed by atoms with E-state index in [1.54, 1.807) is 12.1 Å². The van der Waals surface area contributed by atoms with E-state index in [0.717, 1.165) is 43.2 Å². The quantitative estimate of drug-likeness (QED) is 0.310. The zero-order valence-electron chi connectivity index (χ0n) is 27.3. The van der Waals surface area contributed by atoms with Gasteiger partial charge in [-0.15, -0.1) is 0 Å². The molecule has 0 saturated heterocycles. The molecule has 0 aromatic heterocycles. The van der Waals surface area contributed by atoms with E-state index in [-0.39, 0.29) is 47.5 Å². The third-order valence-corrected chi connectivity index (χ3v) is 9.18. The molecule has 1 saturated carbocycles. The van der Waals surface area contributed by atoms with Gasteiger partial charge in [0, 0.05) is 17.7 Å². The highest BCUT2D eigenvalue weighted by Crippen LogP contribution is 2.50. The summed E-state index contributed by atoms with van der Waals surface area (Å²) in [6.07, 6.45) is 4.74. The number of carboxylic acids is 1. The van der Waals surface area contributed by atoms with Crippen LogP contribution in [0.25, 0.3) is 0 Å². The Morgan fingerprint density at radius 3 is 2.25 bits per heavy atom. The largest absolute Gasteiger partial charge is 0.481 e. The number of carbonyl (C=O) groups excluding carboxylic acids is 2. The number of benzene rings is 2. The maximum absolute atomic E-state index is 14.6. The monoisotopic (exact) mass is 605 g/mol. The molecule has 2 aliphatic rings. The molecule has 1 aliphatic heterocycles. The van der Waals surface area contributed by atoms with Crippen LogP contribution in [0.15, 0.2) is 47.5 Å². The number of hydrogen-bond acceptors (Lipinski definition) is 4. The second kappa shape index (κ2) is 12.8. The van der Waals surface area contributed by atoms with Gasteiger partial charge in [-0.25, -0.2) is 4.39 Å². The molecule has 2 amide bonds. The molecule has 44 heavy (non-hydrogen) atoms. The number of rotatable bonds is 9. The minimum absolute atomic E-state index is 0.0193. The minimum atomic E-state index is -0.974. The highest BCUT2D eigenvalue weighted by Gasteiger charge is 2.52. The highest BCUT2D eigenvalue weighted by atomic mass is 19.1. The van der Waals surface area contributed by atoms with Gasteiger partial charge in [0.05, 0.1) is 12.5 Å². The molecule has 2 aromatic carbocycles. The SMILES string of the molecule is Cc1cc(F)cc(C2=NC3(CCC(C(C)(C)C)CC3)N([C@H](CCC(C)(C)C)c3ccc(C(=O)NCCC(=O)O)cc3)C2=O)c1. The van der Waals surface area contributed by atoms with Gasteiger partial charge in [-0.3, -0.25) is 19.4 Å². The van der Waals surface area contributed by atoms with E-state index >= 15 is 0 Å². The van der Waals surface area contributed by atoms with Crippen molar-refractivity contribution in [2.75, 3.05) is 6.54 Å². The summed E-state index contributed by atoms with van der Waals surface area (Å²) in [7, 11) is 0. The van der Waals surface area contributed by atoms with Crippen LogP contribution in [0.5, 0.6) is 0 Å². The van der Waals surface area contributed by atoms with E-state index in [1.165, 1.54) is 12.1 Å². The van der Waals surface area contributed by atoms with Crippen LogP contribution in [-0.4, -0.2) is 45.7 Å². The summed E-state index contributed by atoms with van der Waals surface area (Å²) in [5.41, 5.74) is 2.33. The molecule has 2 N–H and O–H groups in total. The van der Waals surface area contributed by atoms with Crippen LogP contribution >= 0.6 is 0 Å². The van der Waals surface area contributed by atoms with E-state index in [0.29, 0.717) is 29.2 Å². The summed E-state index contributed by atoms with van der Waals surface area (Å²) in [5, 5.41) is 11.5. The number of aliphatic carboxylic acids is 1. The van der Waals surface area contributed by atoms with Crippen molar-refractivity contribution in [3.8, 4) is 0 Å². The van der Waals surface area contributed by atoms with Crippen molar-refractivity contribution in [3.63, 3.8) is 0 Å². The van der Waals surface area contributed by atoms with Crippen molar-refractivity contribution < 1.29 is 23.9 Å². The van der Waals surface area contributed by atoms with Gasteiger partial charge < -0.3 is 15.3 Å². The predicted octanol–water partition coefficient (Wildman–Crippen LogP) is 7.47. The Kier molecular flexibility index (Phi) is 9.72. The Hall–Kier alpha value is -3.55. The fourth-order valence-corrected chi connectivity index (χ4v) is 6.66. The molecule has 1 atom stereocenters. The third-order valence-electron chi connectivity index (χ3n) is 9.18. The Morgan fingerprint density at radius 1 is 1.07 bits per heavy atom. The molecule has 0 radical (unpaired) electrons. The number of aliphatic imine (C=N–C) groups is 1. The van der Waals surface area contributed by atoms with Crippen molar-refractivity contribution in [2.45, 2.75) is 105 Å². The summed E-state index contributed by atoms with van der Waals surface area (Å²) in [5.74, 6) is -1.38. The van der Waals surface area contributed by atoms with Crippen LogP contribution < -0.4 is 5.32 Å². The standard InChI is InChI=1S/C36H48FN3O4/c1-23-20-26(22-28(37)21-23)31-33(44)40(36(39-31)17-12-27(13-18-36)35(5,6)7)29(14-16-34(2,3)4)24-8-10-25(11-9-24)32(43)38-19-15-30(41)42/h8-11,20-22,27,29H,12-19H2,1-7H3,(H,38,43)(H,41,42)/t27?,29-,36?/m1/s1. The molecule has 0 bridgehead atoms. The van der Waals surface area contributed by atoms with E-state index in [9.17, 15) is 18.8 Å². The molecule has 1 fully saturated rings. The molecule has 2 aromatic rings. The lowest BCUT2D eigenvalue weighted by atomic mass is 9.69. The zero-order chi connectivity index (χ0) is 32.4. The van der Waals surface area contributed by atoms with Gasteiger partial charge in [-0.1, -0.05) is 53.7 Å². The van der Waals surface area contributed by atoms with E-state index in [2.05, 4.69) is 46.9 Å². The molecular weight excluding hydrogens is 557 g/mol. The fraction of sp³-hybridized carbons (Fsp3) is 0.556. The van der Waals surface area contributed by atoms with Gasteiger partial charge in [0.1, 0.15) is 17.2 Å². The maximum Gasteiger partial charge on any atom is 0.305 e. The van der Waals surface area contributed by atoms with Crippen LogP contribution in [0.4, 0.5) is 4.39 Å². The predicted molar refractivity (Wildman–Crippen MR) is 171 cm³/mol. The Balaban J connectivity index is 1.74. The van der Waals surface area contributed by atoms with E-state index in [1.807, 2.05) is 30.0 Å². The topological polar surface area (TPSA) is 99.1 Å². The molecule has 0 unspecified atom stereocenters. The average Bonchev–Trinajstić information content (AvgIpc) is 3.19. The van der Waals surface area contributed by atoms with Gasteiger partial charge in [-0.2, -0.15) is 0 Å². The first-order valence-electron chi connectivity index (χ1n) is 15.8. The number of halogens is 1. The van der Waals surface area contributed by atoms with E-state index in [4.69, 9.17) is 10.1 Å². The molecule has 4 rings (SSSR count). The lowest BCUT2D eigenvalue weighted by Gasteiger charge is -2.47. The van der Waals surface area contributed by atoms with Crippen molar-refractivity contribution in [1.29, 1.82) is 0 Å². The number of nitrogens with one attached hydrogen (secondary N) is 1. The lowest BCUT2D eigenvalue weighted by Crippen LogP contribution is -2.51. The Morgan fingerprint density at radius 2 is 1.70 bits per heavy atom. The summed E-state index contributed by atoms with van der Waals surface area (Å²) in [6, 6.07) is 11.7. The molecule has 7 nitrogen and oxygen atoms in total.